The van der Waals surface area contributed by atoms with Crippen LogP contribution in [0.25, 0.3) is 0 Å². The normalized spacial score (nSPS) is 11.1. The van der Waals surface area contributed by atoms with Gasteiger partial charge in [-0.1, -0.05) is 41.4 Å². The molecule has 3 aromatic rings. The van der Waals surface area contributed by atoms with Gasteiger partial charge < -0.3 is 5.32 Å². The van der Waals surface area contributed by atoms with Gasteiger partial charge in [-0.15, -0.1) is 0 Å². The van der Waals surface area contributed by atoms with Crippen LogP contribution in [0.4, 0.5) is 17.2 Å². The first-order valence-electron chi connectivity index (χ1n) is 7.51. The van der Waals surface area contributed by atoms with Gasteiger partial charge in [0, 0.05) is 0 Å². The van der Waals surface area contributed by atoms with Crippen LogP contribution in [0, 0.1) is 6.92 Å². The van der Waals surface area contributed by atoms with E-state index in [1.54, 1.807) is 42.5 Å². The zero-order valence-electron chi connectivity index (χ0n) is 13.4. The van der Waals surface area contributed by atoms with Gasteiger partial charge in [0.05, 0.1) is 27.5 Å². The Hall–Kier alpha value is -2.57. The molecule has 0 amide bonds. The number of benzene rings is 2. The summed E-state index contributed by atoms with van der Waals surface area (Å²) in [6.45, 7) is 1.90. The predicted molar refractivity (Wildman–Crippen MR) is 101 cm³/mol. The Labute approximate surface area is 151 Å². The maximum Gasteiger partial charge on any atom is 0.261 e. The number of nitrogens with zero attached hydrogens (tertiary/aromatic N) is 1. The van der Waals surface area contributed by atoms with Gasteiger partial charge in [-0.3, -0.25) is 4.72 Å². The third-order valence-electron chi connectivity index (χ3n) is 3.48. The van der Waals surface area contributed by atoms with Gasteiger partial charge in [0.2, 0.25) is 0 Å². The maximum absolute atomic E-state index is 12.4. The van der Waals surface area contributed by atoms with Gasteiger partial charge in [-0.2, -0.15) is 0 Å². The minimum Gasteiger partial charge on any atom is -0.339 e. The molecule has 0 bridgehead atoms. The topological polar surface area (TPSA) is 71.1 Å². The number of hydrogen-bond donors (Lipinski definition) is 2. The van der Waals surface area contributed by atoms with Crippen molar-refractivity contribution in [3.63, 3.8) is 0 Å². The van der Waals surface area contributed by atoms with Crippen molar-refractivity contribution in [3.05, 3.63) is 77.4 Å². The fourth-order valence-electron chi connectivity index (χ4n) is 2.16. The predicted octanol–water partition coefficient (Wildman–Crippen LogP) is 4.59. The maximum atomic E-state index is 12.4. The summed E-state index contributed by atoms with van der Waals surface area (Å²) < 4.78 is 27.2. The Bertz CT molecular complexity index is 972. The summed E-state index contributed by atoms with van der Waals surface area (Å²) >= 11 is 6.09. The lowest BCUT2D eigenvalue weighted by molar-refractivity contribution is 0.601. The van der Waals surface area contributed by atoms with Crippen LogP contribution in [0.5, 0.6) is 0 Å². The molecule has 0 saturated heterocycles. The van der Waals surface area contributed by atoms with Crippen LogP contribution in [0.3, 0.4) is 0 Å². The van der Waals surface area contributed by atoms with Crippen LogP contribution >= 0.6 is 11.6 Å². The molecule has 0 fully saturated rings. The van der Waals surface area contributed by atoms with Gasteiger partial charge in [0.25, 0.3) is 10.0 Å². The van der Waals surface area contributed by atoms with Crippen molar-refractivity contribution in [3.8, 4) is 0 Å². The van der Waals surface area contributed by atoms with Crippen molar-refractivity contribution in [1.82, 2.24) is 4.98 Å². The molecule has 1 heterocycles. The van der Waals surface area contributed by atoms with Crippen molar-refractivity contribution in [1.29, 1.82) is 0 Å². The fourth-order valence-corrected chi connectivity index (χ4v) is 3.39. The minimum absolute atomic E-state index is 0.205. The number of sulfonamides is 1. The number of para-hydroxylation sites is 1. The number of nitrogens with one attached hydrogen (secondary N) is 2. The molecular formula is C18H16ClN3O2S. The van der Waals surface area contributed by atoms with E-state index in [2.05, 4.69) is 15.0 Å². The number of aromatic nitrogens is 1. The van der Waals surface area contributed by atoms with E-state index in [0.29, 0.717) is 16.5 Å². The molecule has 0 spiro atoms. The summed E-state index contributed by atoms with van der Waals surface area (Å²) in [6, 6.07) is 17.3. The van der Waals surface area contributed by atoms with Crippen LogP contribution < -0.4 is 10.0 Å². The van der Waals surface area contributed by atoms with E-state index in [1.165, 1.54) is 6.20 Å². The molecule has 0 aliphatic rings. The highest BCUT2D eigenvalue weighted by molar-refractivity contribution is 7.92. The first-order chi connectivity index (χ1) is 11.9. The van der Waals surface area contributed by atoms with Crippen molar-refractivity contribution in [2.75, 3.05) is 10.0 Å². The highest BCUT2D eigenvalue weighted by Crippen LogP contribution is 2.24. The Balaban J connectivity index is 1.74. The molecule has 2 N–H and O–H groups in total. The molecule has 25 heavy (non-hydrogen) atoms. The lowest BCUT2D eigenvalue weighted by Crippen LogP contribution is -2.13. The van der Waals surface area contributed by atoms with E-state index in [4.69, 9.17) is 11.6 Å². The summed E-state index contributed by atoms with van der Waals surface area (Å²) in [7, 11) is -3.64. The molecule has 5 nitrogen and oxygen atoms in total. The summed E-state index contributed by atoms with van der Waals surface area (Å²) in [5.41, 5.74) is 2.10. The van der Waals surface area contributed by atoms with Gasteiger partial charge in [0.1, 0.15) is 5.82 Å². The molecule has 0 atom stereocenters. The molecule has 0 aliphatic heterocycles. The zero-order valence-corrected chi connectivity index (χ0v) is 15.0. The molecule has 0 saturated carbocycles. The third-order valence-corrected chi connectivity index (χ3v) is 5.21. The second-order valence-corrected chi connectivity index (χ2v) is 7.55. The second kappa shape index (κ2) is 7.13. The smallest absolute Gasteiger partial charge is 0.261 e. The summed E-state index contributed by atoms with van der Waals surface area (Å²) in [5, 5.41) is 3.66. The largest absolute Gasteiger partial charge is 0.339 e. The number of anilines is 3. The lowest BCUT2D eigenvalue weighted by Gasteiger charge is -2.10. The Kier molecular flexibility index (Phi) is 4.92. The van der Waals surface area contributed by atoms with Crippen LogP contribution in [0.15, 0.2) is 71.8 Å². The van der Waals surface area contributed by atoms with Crippen LogP contribution in [-0.2, 0) is 10.0 Å². The third kappa shape index (κ3) is 4.29. The van der Waals surface area contributed by atoms with E-state index in [0.717, 1.165) is 11.3 Å². The van der Waals surface area contributed by atoms with Gasteiger partial charge in [-0.05, 0) is 43.3 Å². The first kappa shape index (κ1) is 17.3. The van der Waals surface area contributed by atoms with Gasteiger partial charge >= 0.3 is 0 Å². The highest BCUT2D eigenvalue weighted by atomic mass is 35.5. The molecular weight excluding hydrogens is 358 g/mol. The van der Waals surface area contributed by atoms with Crippen LogP contribution in [0.2, 0.25) is 5.02 Å². The molecule has 7 heteroatoms. The monoisotopic (exact) mass is 373 g/mol. The fraction of sp³-hybridized carbons (Fsp3) is 0.0556. The molecule has 2 aromatic carbocycles. The van der Waals surface area contributed by atoms with E-state index in [1.807, 2.05) is 25.1 Å². The van der Waals surface area contributed by atoms with Crippen LogP contribution in [-0.4, -0.2) is 13.4 Å². The van der Waals surface area contributed by atoms with Gasteiger partial charge in [0.15, 0.2) is 0 Å². The standard InChI is InChI=1S/C18H16ClN3O2S/c1-13-6-9-15(10-7-13)25(23,24)22-14-8-11-18(20-12-14)21-17-5-3-2-4-16(17)19/h2-12,22H,1H3,(H,20,21). The first-order valence-corrected chi connectivity index (χ1v) is 9.37. The molecule has 1 aromatic heterocycles. The van der Waals surface area contributed by atoms with Gasteiger partial charge in [-0.25, -0.2) is 13.4 Å². The van der Waals surface area contributed by atoms with E-state index in [9.17, 15) is 8.42 Å². The summed E-state index contributed by atoms with van der Waals surface area (Å²) in [6.07, 6.45) is 1.45. The number of halogens is 1. The lowest BCUT2D eigenvalue weighted by atomic mass is 10.2. The average molecular weight is 374 g/mol. The number of aryl methyl sites for hydroxylation is 1. The molecule has 0 aliphatic carbocycles. The number of hydrogen-bond acceptors (Lipinski definition) is 4. The summed E-state index contributed by atoms with van der Waals surface area (Å²) in [5.74, 6) is 0.561. The molecule has 3 rings (SSSR count). The van der Waals surface area contributed by atoms with Crippen molar-refractivity contribution in [2.24, 2.45) is 0 Å². The van der Waals surface area contributed by atoms with Crippen molar-refractivity contribution < 1.29 is 8.42 Å². The highest BCUT2D eigenvalue weighted by Gasteiger charge is 2.14. The van der Waals surface area contributed by atoms with E-state index in [-0.39, 0.29) is 4.90 Å². The number of rotatable bonds is 5. The van der Waals surface area contributed by atoms with E-state index < -0.39 is 10.0 Å². The zero-order chi connectivity index (χ0) is 17.9. The van der Waals surface area contributed by atoms with Crippen molar-refractivity contribution in [2.45, 2.75) is 11.8 Å². The SMILES string of the molecule is Cc1ccc(S(=O)(=O)Nc2ccc(Nc3ccccc3Cl)nc2)cc1. The molecule has 0 unspecified atom stereocenters. The van der Waals surface area contributed by atoms with E-state index >= 15 is 0 Å². The minimum atomic E-state index is -3.64. The Morgan fingerprint density at radius 2 is 1.68 bits per heavy atom. The molecule has 128 valence electrons. The number of pyridine rings is 1. The Morgan fingerprint density at radius 1 is 0.960 bits per heavy atom. The summed E-state index contributed by atoms with van der Waals surface area (Å²) in [4.78, 5) is 4.42. The van der Waals surface area contributed by atoms with Crippen LogP contribution in [0.1, 0.15) is 5.56 Å². The average Bonchev–Trinajstić information content (AvgIpc) is 2.59. The Morgan fingerprint density at radius 3 is 2.32 bits per heavy atom. The quantitative estimate of drug-likeness (QED) is 0.686. The second-order valence-electron chi connectivity index (χ2n) is 5.46. The molecule has 0 radical (unpaired) electrons. The van der Waals surface area contributed by atoms with Crippen molar-refractivity contribution >= 4 is 38.8 Å².